The Morgan fingerprint density at radius 1 is 1.23 bits per heavy atom. The zero-order valence-electron chi connectivity index (χ0n) is 11.6. The van der Waals surface area contributed by atoms with E-state index in [1.54, 1.807) is 64.9 Å². The van der Waals surface area contributed by atoms with Crippen molar-refractivity contribution in [3.63, 3.8) is 0 Å². The molecule has 0 fully saturated rings. The van der Waals surface area contributed by atoms with Gasteiger partial charge in [-0.1, -0.05) is 0 Å². The molecule has 0 bridgehead atoms. The highest BCUT2D eigenvalue weighted by Crippen LogP contribution is 2.36. The van der Waals surface area contributed by atoms with Crippen LogP contribution < -0.4 is 5.43 Å². The van der Waals surface area contributed by atoms with Gasteiger partial charge in [-0.25, -0.2) is 4.79 Å². The van der Waals surface area contributed by atoms with E-state index < -0.39 is 5.97 Å². The van der Waals surface area contributed by atoms with E-state index >= 15 is 0 Å². The summed E-state index contributed by atoms with van der Waals surface area (Å²) < 4.78 is 3.88. The SMILES string of the molecule is CSc1cc2sc(/C=N/Nc3ccc(C(=O)O)cc3)cc2s1. The van der Waals surface area contributed by atoms with Crippen LogP contribution in [-0.4, -0.2) is 23.5 Å². The summed E-state index contributed by atoms with van der Waals surface area (Å²) in [5.74, 6) is -0.932. The van der Waals surface area contributed by atoms with Crippen LogP contribution in [0.2, 0.25) is 0 Å². The minimum Gasteiger partial charge on any atom is -0.478 e. The van der Waals surface area contributed by atoms with Gasteiger partial charge in [0.25, 0.3) is 0 Å². The summed E-state index contributed by atoms with van der Waals surface area (Å²) in [5.41, 5.74) is 3.92. The van der Waals surface area contributed by atoms with Gasteiger partial charge in [-0.3, -0.25) is 5.43 Å². The monoisotopic (exact) mass is 348 g/mol. The van der Waals surface area contributed by atoms with Gasteiger partial charge in [0.15, 0.2) is 0 Å². The van der Waals surface area contributed by atoms with Gasteiger partial charge in [0.1, 0.15) is 0 Å². The zero-order chi connectivity index (χ0) is 15.5. The Kier molecular flexibility index (Phi) is 4.47. The third kappa shape index (κ3) is 3.32. The van der Waals surface area contributed by atoms with E-state index in [2.05, 4.69) is 28.9 Å². The lowest BCUT2D eigenvalue weighted by molar-refractivity contribution is 0.0697. The van der Waals surface area contributed by atoms with E-state index in [1.165, 1.54) is 13.6 Å². The summed E-state index contributed by atoms with van der Waals surface area (Å²) in [4.78, 5) is 11.9. The number of aromatic carboxylic acids is 1. The third-order valence-electron chi connectivity index (χ3n) is 2.92. The zero-order valence-corrected chi connectivity index (χ0v) is 14.0. The molecule has 0 saturated heterocycles. The predicted octanol–water partition coefficient (Wildman–Crippen LogP) is 4.83. The Morgan fingerprint density at radius 3 is 2.59 bits per heavy atom. The number of hydrazone groups is 1. The fourth-order valence-corrected chi connectivity index (χ4v) is 4.78. The van der Waals surface area contributed by atoms with Crippen LogP contribution in [0.1, 0.15) is 15.2 Å². The van der Waals surface area contributed by atoms with Crippen molar-refractivity contribution in [1.82, 2.24) is 0 Å². The van der Waals surface area contributed by atoms with Crippen molar-refractivity contribution in [2.24, 2.45) is 5.10 Å². The van der Waals surface area contributed by atoms with Crippen LogP contribution in [0.4, 0.5) is 5.69 Å². The maximum atomic E-state index is 10.8. The molecule has 0 amide bonds. The van der Waals surface area contributed by atoms with Crippen molar-refractivity contribution in [3.8, 4) is 0 Å². The molecule has 22 heavy (non-hydrogen) atoms. The van der Waals surface area contributed by atoms with E-state index in [1.807, 2.05) is 0 Å². The number of benzene rings is 1. The second-order valence-electron chi connectivity index (χ2n) is 4.40. The second-order valence-corrected chi connectivity index (χ2v) is 7.70. The minimum atomic E-state index is -0.932. The van der Waals surface area contributed by atoms with Gasteiger partial charge in [0, 0.05) is 14.3 Å². The molecular weight excluding hydrogens is 336 g/mol. The molecule has 0 atom stereocenters. The van der Waals surface area contributed by atoms with E-state index in [9.17, 15) is 4.79 Å². The fraction of sp³-hybridized carbons (Fsp3) is 0.0667. The number of carboxylic acid groups (broad SMARTS) is 1. The Labute approximate surface area is 139 Å². The molecule has 3 aromatic rings. The third-order valence-corrected chi connectivity index (χ3v) is 6.21. The summed E-state index contributed by atoms with van der Waals surface area (Å²) in [6.45, 7) is 0. The first kappa shape index (κ1) is 15.1. The number of carbonyl (C=O) groups is 1. The molecule has 7 heteroatoms. The molecular formula is C15H12N2O2S3. The van der Waals surface area contributed by atoms with Crippen LogP contribution >= 0.6 is 34.4 Å². The average Bonchev–Trinajstić information content (AvgIpc) is 3.05. The Balaban J connectivity index is 1.67. The van der Waals surface area contributed by atoms with E-state index in [0.717, 1.165) is 10.6 Å². The number of carboxylic acids is 1. The second kappa shape index (κ2) is 6.51. The summed E-state index contributed by atoms with van der Waals surface area (Å²) in [6.07, 6.45) is 3.86. The smallest absolute Gasteiger partial charge is 0.335 e. The van der Waals surface area contributed by atoms with Gasteiger partial charge in [-0.2, -0.15) is 5.10 Å². The van der Waals surface area contributed by atoms with E-state index in [-0.39, 0.29) is 5.56 Å². The van der Waals surface area contributed by atoms with Crippen molar-refractivity contribution in [3.05, 3.63) is 46.8 Å². The summed E-state index contributed by atoms with van der Waals surface area (Å²) in [5, 5.41) is 13.0. The normalized spacial score (nSPS) is 11.3. The Morgan fingerprint density at radius 2 is 1.95 bits per heavy atom. The van der Waals surface area contributed by atoms with E-state index in [0.29, 0.717) is 0 Å². The molecule has 0 aliphatic heterocycles. The molecule has 2 heterocycles. The number of rotatable bonds is 5. The Hall–Kier alpha value is -1.83. The quantitative estimate of drug-likeness (QED) is 0.394. The number of hydrogen-bond donors (Lipinski definition) is 2. The minimum absolute atomic E-state index is 0.262. The molecule has 0 radical (unpaired) electrons. The first-order chi connectivity index (χ1) is 10.7. The number of nitrogens with zero attached hydrogens (tertiary/aromatic N) is 1. The van der Waals surface area contributed by atoms with Gasteiger partial charge < -0.3 is 5.11 Å². The van der Waals surface area contributed by atoms with Gasteiger partial charge in [0.2, 0.25) is 0 Å². The number of nitrogens with one attached hydrogen (secondary N) is 1. The van der Waals surface area contributed by atoms with Crippen LogP contribution in [0, 0.1) is 0 Å². The average molecular weight is 348 g/mol. The number of fused-ring (bicyclic) bond motifs is 1. The maximum absolute atomic E-state index is 10.8. The molecule has 0 aliphatic rings. The predicted molar refractivity (Wildman–Crippen MR) is 96.1 cm³/mol. The van der Waals surface area contributed by atoms with Crippen molar-refractivity contribution in [1.29, 1.82) is 0 Å². The van der Waals surface area contributed by atoms with Crippen LogP contribution in [0.15, 0.2) is 45.7 Å². The first-order valence-corrected chi connectivity index (χ1v) is 9.21. The number of anilines is 1. The highest BCUT2D eigenvalue weighted by atomic mass is 32.2. The van der Waals surface area contributed by atoms with Crippen molar-refractivity contribution < 1.29 is 9.90 Å². The molecule has 0 saturated carbocycles. The molecule has 112 valence electrons. The van der Waals surface area contributed by atoms with Crippen molar-refractivity contribution in [2.75, 3.05) is 11.7 Å². The van der Waals surface area contributed by atoms with Crippen LogP contribution in [0.3, 0.4) is 0 Å². The molecule has 0 spiro atoms. The lowest BCUT2D eigenvalue weighted by Gasteiger charge is -1.99. The summed E-state index contributed by atoms with van der Waals surface area (Å²) in [6, 6.07) is 10.8. The largest absolute Gasteiger partial charge is 0.478 e. The van der Waals surface area contributed by atoms with Crippen LogP contribution in [0.5, 0.6) is 0 Å². The van der Waals surface area contributed by atoms with Gasteiger partial charge >= 0.3 is 5.97 Å². The highest BCUT2D eigenvalue weighted by molar-refractivity contribution is 8.00. The van der Waals surface area contributed by atoms with Gasteiger partial charge in [-0.15, -0.1) is 34.4 Å². The molecule has 4 nitrogen and oxygen atoms in total. The Bertz CT molecular complexity index is 803. The standard InChI is InChI=1S/C15H12N2O2S3/c1-20-14-7-13-12(22-14)6-11(21-13)8-16-17-10-4-2-9(3-5-10)15(18)19/h2-8,17H,1H3,(H,18,19)/b16-8+. The lowest BCUT2D eigenvalue weighted by atomic mass is 10.2. The molecule has 1 aromatic carbocycles. The number of hydrogen-bond acceptors (Lipinski definition) is 6. The summed E-state index contributed by atoms with van der Waals surface area (Å²) in [7, 11) is 0. The van der Waals surface area contributed by atoms with Crippen molar-refractivity contribution in [2.45, 2.75) is 4.21 Å². The van der Waals surface area contributed by atoms with Crippen molar-refractivity contribution >= 4 is 61.7 Å². The molecule has 0 aliphatic carbocycles. The first-order valence-electron chi connectivity index (χ1n) is 6.35. The maximum Gasteiger partial charge on any atom is 0.335 e. The van der Waals surface area contributed by atoms with Gasteiger partial charge in [-0.05, 0) is 42.7 Å². The molecule has 2 N–H and O–H groups in total. The number of thioether (sulfide) groups is 1. The van der Waals surface area contributed by atoms with Crippen LogP contribution in [0.25, 0.3) is 9.40 Å². The highest BCUT2D eigenvalue weighted by Gasteiger charge is 2.05. The number of thiophene rings is 2. The topological polar surface area (TPSA) is 61.7 Å². The molecule has 3 rings (SSSR count). The van der Waals surface area contributed by atoms with Crippen LogP contribution in [-0.2, 0) is 0 Å². The molecule has 2 aromatic heterocycles. The van der Waals surface area contributed by atoms with Gasteiger partial charge in [0.05, 0.1) is 21.7 Å². The van der Waals surface area contributed by atoms with E-state index in [4.69, 9.17) is 5.11 Å². The molecule has 0 unspecified atom stereocenters. The fourth-order valence-electron chi connectivity index (χ4n) is 1.85. The summed E-state index contributed by atoms with van der Waals surface area (Å²) >= 11 is 5.25. The lowest BCUT2D eigenvalue weighted by Crippen LogP contribution is -1.96.